The third kappa shape index (κ3) is 2.24. The minimum atomic E-state index is -1.38. The Bertz CT molecular complexity index is 392. The number of aromatic hydroxyl groups is 1. The molecular weight excluding hydrogens is 201 g/mol. The average molecular weight is 213 g/mol. The molecule has 0 aliphatic carbocycles. The van der Waals surface area contributed by atoms with Crippen LogP contribution in [0, 0.1) is 5.82 Å². The molecule has 1 rings (SSSR count). The maximum absolute atomic E-state index is 13.0. The molecule has 1 aromatic rings. The Hall–Kier alpha value is -1.62. The van der Waals surface area contributed by atoms with Crippen molar-refractivity contribution in [1.29, 1.82) is 0 Å². The molecule has 0 bridgehead atoms. The van der Waals surface area contributed by atoms with Gasteiger partial charge in [0.05, 0.1) is 0 Å². The van der Waals surface area contributed by atoms with Crippen LogP contribution >= 0.6 is 0 Å². The molecule has 82 valence electrons. The van der Waals surface area contributed by atoms with Crippen molar-refractivity contribution in [2.45, 2.75) is 19.4 Å². The molecule has 0 amide bonds. The summed E-state index contributed by atoms with van der Waals surface area (Å²) in [4.78, 5) is 10.7. The fourth-order valence-electron chi connectivity index (χ4n) is 1.29. The van der Waals surface area contributed by atoms with E-state index < -0.39 is 29.1 Å². The summed E-state index contributed by atoms with van der Waals surface area (Å²) < 4.78 is 13.0. The maximum atomic E-state index is 13.0. The molecule has 4 nitrogen and oxygen atoms in total. The van der Waals surface area contributed by atoms with Gasteiger partial charge in [0.15, 0.2) is 0 Å². The maximum Gasteiger partial charge on any atom is 0.339 e. The number of hydrogen-bond donors (Lipinski definition) is 3. The van der Waals surface area contributed by atoms with E-state index in [-0.39, 0.29) is 5.56 Å². The lowest BCUT2D eigenvalue weighted by Crippen LogP contribution is -2.11. The van der Waals surface area contributed by atoms with Crippen LogP contribution in [0.5, 0.6) is 5.75 Å². The number of carboxylic acids is 1. The van der Waals surface area contributed by atoms with Gasteiger partial charge >= 0.3 is 5.97 Å². The Morgan fingerprint density at radius 2 is 2.20 bits per heavy atom. The summed E-state index contributed by atoms with van der Waals surface area (Å²) in [6.07, 6.45) is 0.482. The van der Waals surface area contributed by atoms with Crippen LogP contribution in [0.4, 0.5) is 4.39 Å². The highest BCUT2D eigenvalue weighted by Gasteiger charge is 2.18. The molecule has 15 heavy (non-hydrogen) atoms. The van der Waals surface area contributed by atoms with E-state index in [2.05, 4.69) is 0 Å². The van der Waals surface area contributed by atoms with E-state index in [1.165, 1.54) is 0 Å². The summed E-state index contributed by atoms with van der Waals surface area (Å²) in [6, 6.07) is 1.25. The number of hydrogen-bond acceptors (Lipinski definition) is 3. The zero-order valence-electron chi connectivity index (χ0n) is 8.20. The molecule has 0 spiro atoms. The van der Waals surface area contributed by atoms with Crippen molar-refractivity contribution in [1.82, 2.24) is 0 Å². The number of phenols is 1. The molecular formula is C10H12FNO3. The predicted octanol–water partition coefficient (Wildman–Crippen LogP) is 1.64. The summed E-state index contributed by atoms with van der Waals surface area (Å²) >= 11 is 0. The number of halogens is 1. The van der Waals surface area contributed by atoms with Crippen molar-refractivity contribution >= 4 is 5.97 Å². The Balaban J connectivity index is 3.34. The first kappa shape index (κ1) is 11.5. The number of carbonyl (C=O) groups is 1. The van der Waals surface area contributed by atoms with Crippen molar-refractivity contribution < 1.29 is 19.4 Å². The fraction of sp³-hybridized carbons (Fsp3) is 0.300. The molecule has 0 aliphatic heterocycles. The Kier molecular flexibility index (Phi) is 3.26. The second kappa shape index (κ2) is 4.27. The van der Waals surface area contributed by atoms with E-state index in [0.29, 0.717) is 6.42 Å². The van der Waals surface area contributed by atoms with Gasteiger partial charge in [0.1, 0.15) is 17.1 Å². The first-order chi connectivity index (χ1) is 6.97. The third-order valence-electron chi connectivity index (χ3n) is 2.17. The lowest BCUT2D eigenvalue weighted by molar-refractivity contribution is 0.0693. The second-order valence-electron chi connectivity index (χ2n) is 3.21. The van der Waals surface area contributed by atoms with Gasteiger partial charge in [0.25, 0.3) is 0 Å². The third-order valence-corrected chi connectivity index (χ3v) is 2.17. The number of aromatic carboxylic acids is 1. The summed E-state index contributed by atoms with van der Waals surface area (Å²) in [6.45, 7) is 1.76. The summed E-state index contributed by atoms with van der Waals surface area (Å²) in [5.41, 5.74) is 5.27. The highest BCUT2D eigenvalue weighted by Crippen LogP contribution is 2.29. The predicted molar refractivity (Wildman–Crippen MR) is 52.2 cm³/mol. The minimum Gasteiger partial charge on any atom is -0.507 e. The van der Waals surface area contributed by atoms with Gasteiger partial charge < -0.3 is 15.9 Å². The van der Waals surface area contributed by atoms with E-state index in [4.69, 9.17) is 10.8 Å². The van der Waals surface area contributed by atoms with E-state index in [0.717, 1.165) is 12.1 Å². The van der Waals surface area contributed by atoms with E-state index in [1.807, 2.05) is 0 Å². The van der Waals surface area contributed by atoms with E-state index in [1.54, 1.807) is 6.92 Å². The van der Waals surface area contributed by atoms with Crippen LogP contribution in [0.2, 0.25) is 0 Å². The van der Waals surface area contributed by atoms with Crippen molar-refractivity contribution in [3.8, 4) is 5.75 Å². The normalized spacial score (nSPS) is 12.5. The SMILES string of the molecule is CC[C@H](N)c1cc(F)cc(C(=O)O)c1O. The van der Waals surface area contributed by atoms with Crippen LogP contribution in [0.25, 0.3) is 0 Å². The molecule has 0 unspecified atom stereocenters. The Morgan fingerprint density at radius 1 is 1.60 bits per heavy atom. The van der Waals surface area contributed by atoms with Crippen LogP contribution in [-0.4, -0.2) is 16.2 Å². The zero-order chi connectivity index (χ0) is 11.6. The molecule has 0 fully saturated rings. The Morgan fingerprint density at radius 3 is 2.67 bits per heavy atom. The minimum absolute atomic E-state index is 0.120. The monoisotopic (exact) mass is 213 g/mol. The smallest absolute Gasteiger partial charge is 0.339 e. The van der Waals surface area contributed by atoms with Gasteiger partial charge in [-0.05, 0) is 18.6 Å². The molecule has 0 heterocycles. The van der Waals surface area contributed by atoms with Crippen LogP contribution in [0.3, 0.4) is 0 Å². The first-order valence-electron chi connectivity index (χ1n) is 4.48. The molecule has 4 N–H and O–H groups in total. The summed E-state index contributed by atoms with van der Waals surface area (Å²) in [5.74, 6) is -2.56. The van der Waals surface area contributed by atoms with Gasteiger partial charge in [-0.2, -0.15) is 0 Å². The van der Waals surface area contributed by atoms with Crippen LogP contribution < -0.4 is 5.73 Å². The number of nitrogens with two attached hydrogens (primary N) is 1. The van der Waals surface area contributed by atoms with Gasteiger partial charge in [-0.3, -0.25) is 0 Å². The molecule has 0 radical (unpaired) electrons. The second-order valence-corrected chi connectivity index (χ2v) is 3.21. The molecule has 0 saturated carbocycles. The number of benzene rings is 1. The zero-order valence-corrected chi connectivity index (χ0v) is 8.20. The quantitative estimate of drug-likeness (QED) is 0.712. The van der Waals surface area contributed by atoms with Crippen LogP contribution in [0.15, 0.2) is 12.1 Å². The summed E-state index contributed by atoms with van der Waals surface area (Å²) in [5, 5.41) is 18.3. The van der Waals surface area contributed by atoms with E-state index in [9.17, 15) is 14.3 Å². The van der Waals surface area contributed by atoms with E-state index >= 15 is 0 Å². The standard InChI is InChI=1S/C10H12FNO3/c1-2-8(12)6-3-5(11)4-7(9(6)13)10(14)15/h3-4,8,13H,2,12H2,1H3,(H,14,15)/t8-/m0/s1. The number of carboxylic acid groups (broad SMARTS) is 1. The van der Waals surface area contributed by atoms with Gasteiger partial charge in [-0.1, -0.05) is 6.92 Å². The molecule has 1 atom stereocenters. The van der Waals surface area contributed by atoms with Gasteiger partial charge in [-0.25, -0.2) is 9.18 Å². The average Bonchev–Trinajstić information content (AvgIpc) is 2.19. The van der Waals surface area contributed by atoms with Gasteiger partial charge in [0.2, 0.25) is 0 Å². The lowest BCUT2D eigenvalue weighted by Gasteiger charge is -2.13. The van der Waals surface area contributed by atoms with Crippen LogP contribution in [0.1, 0.15) is 35.3 Å². The summed E-state index contributed by atoms with van der Waals surface area (Å²) in [7, 11) is 0. The van der Waals surface area contributed by atoms with Crippen molar-refractivity contribution in [2.75, 3.05) is 0 Å². The molecule has 0 aromatic heterocycles. The topological polar surface area (TPSA) is 83.6 Å². The van der Waals surface area contributed by atoms with Gasteiger partial charge in [-0.15, -0.1) is 0 Å². The van der Waals surface area contributed by atoms with Crippen LogP contribution in [-0.2, 0) is 0 Å². The molecule has 0 saturated heterocycles. The first-order valence-corrected chi connectivity index (χ1v) is 4.48. The van der Waals surface area contributed by atoms with Crippen molar-refractivity contribution in [2.24, 2.45) is 5.73 Å². The fourth-order valence-corrected chi connectivity index (χ4v) is 1.29. The largest absolute Gasteiger partial charge is 0.507 e. The van der Waals surface area contributed by atoms with Crippen molar-refractivity contribution in [3.63, 3.8) is 0 Å². The highest BCUT2D eigenvalue weighted by atomic mass is 19.1. The highest BCUT2D eigenvalue weighted by molar-refractivity contribution is 5.91. The lowest BCUT2D eigenvalue weighted by atomic mass is 10.0. The number of rotatable bonds is 3. The molecule has 5 heteroatoms. The molecule has 1 aromatic carbocycles. The Labute approximate surface area is 86.1 Å². The van der Waals surface area contributed by atoms with Crippen molar-refractivity contribution in [3.05, 3.63) is 29.1 Å². The molecule has 0 aliphatic rings. The van der Waals surface area contributed by atoms with Gasteiger partial charge in [0, 0.05) is 11.6 Å².